The van der Waals surface area contributed by atoms with E-state index in [2.05, 4.69) is 147 Å². The fourth-order valence-corrected chi connectivity index (χ4v) is 10.0. The minimum Gasteiger partial charge on any atom is -0.465 e. The molecule has 1 saturated heterocycles. The highest BCUT2D eigenvalue weighted by Crippen LogP contribution is 2.46. The van der Waals surface area contributed by atoms with E-state index in [4.69, 9.17) is 31.9 Å². The number of nitrogens with one attached hydrogen (secondary N) is 1. The molecule has 14 heteroatoms. The molecule has 6 atom stereocenters. The van der Waals surface area contributed by atoms with Gasteiger partial charge in [-0.2, -0.15) is 0 Å². The lowest BCUT2D eigenvalue weighted by atomic mass is 9.88. The fourth-order valence-electron chi connectivity index (χ4n) is 5.06. The van der Waals surface area contributed by atoms with Gasteiger partial charge < -0.3 is 37.2 Å². The molecule has 0 spiro atoms. The van der Waals surface area contributed by atoms with Crippen molar-refractivity contribution in [2.24, 2.45) is 0 Å². The first-order valence-corrected chi connectivity index (χ1v) is 31.0. The zero-order chi connectivity index (χ0) is 42.0. The summed E-state index contributed by atoms with van der Waals surface area (Å²) in [5.74, 6) is -2.83. The average Bonchev–Trinajstić information content (AvgIpc) is 2.95. The van der Waals surface area contributed by atoms with Crippen molar-refractivity contribution in [1.29, 1.82) is 0 Å². The standard InChI is InChI=1S/C39H81NO9Si4/c1-24-25-44-39(34(42)43-15)26-29(47-51(18,19)36(6,7)8)31(40-28(2)41)33(46-39)32(49-53(22,23)38(12,13)14)30(48-52(20,21)37(9,10)11)27-45-50(16,17)35(3,4)5/h24,29-33H,1,25-27H2,2-23H3,(H,40,41)/t29-,30+,31+,32+,33+,39+/m0/s1. The van der Waals surface area contributed by atoms with Crippen molar-refractivity contribution >= 4 is 45.1 Å². The summed E-state index contributed by atoms with van der Waals surface area (Å²) < 4.78 is 47.9. The largest absolute Gasteiger partial charge is 0.465 e. The number of carbonyl (C=O) groups excluding carboxylic acids is 2. The second kappa shape index (κ2) is 17.4. The van der Waals surface area contributed by atoms with Crippen LogP contribution in [0.5, 0.6) is 0 Å². The number of hydrogen-bond donors (Lipinski definition) is 1. The Morgan fingerprint density at radius 2 is 1.25 bits per heavy atom. The number of esters is 1. The molecular weight excluding hydrogens is 739 g/mol. The molecule has 1 aliphatic rings. The van der Waals surface area contributed by atoms with Crippen LogP contribution in [0, 0.1) is 0 Å². The molecule has 0 radical (unpaired) electrons. The van der Waals surface area contributed by atoms with E-state index in [1.807, 2.05) is 0 Å². The molecule has 53 heavy (non-hydrogen) atoms. The van der Waals surface area contributed by atoms with Gasteiger partial charge in [-0.3, -0.25) is 4.79 Å². The fraction of sp³-hybridized carbons (Fsp3) is 0.897. The zero-order valence-corrected chi connectivity index (χ0v) is 42.0. The highest BCUT2D eigenvalue weighted by Gasteiger charge is 2.60. The lowest BCUT2D eigenvalue weighted by Gasteiger charge is -2.54. The predicted molar refractivity (Wildman–Crippen MR) is 227 cm³/mol. The van der Waals surface area contributed by atoms with Crippen LogP contribution in [0.25, 0.3) is 0 Å². The van der Waals surface area contributed by atoms with Gasteiger partial charge in [0, 0.05) is 13.3 Å². The molecule has 0 saturated carbocycles. The number of hydrogen-bond acceptors (Lipinski definition) is 9. The van der Waals surface area contributed by atoms with Crippen LogP contribution in [-0.2, 0) is 41.5 Å². The zero-order valence-electron chi connectivity index (χ0n) is 38.0. The van der Waals surface area contributed by atoms with E-state index in [0.717, 1.165) is 0 Å². The molecule has 0 bridgehead atoms. The predicted octanol–water partition coefficient (Wildman–Crippen LogP) is 9.54. The first kappa shape index (κ1) is 50.3. The molecule has 1 rings (SSSR count). The second-order valence-corrected chi connectivity index (χ2v) is 40.2. The monoisotopic (exact) mass is 819 g/mol. The van der Waals surface area contributed by atoms with Gasteiger partial charge in [0.05, 0.1) is 38.6 Å². The number of carbonyl (C=O) groups is 2. The van der Waals surface area contributed by atoms with Gasteiger partial charge in [-0.25, -0.2) is 4.79 Å². The lowest BCUT2D eigenvalue weighted by Crippen LogP contribution is -2.71. The van der Waals surface area contributed by atoms with Crippen molar-refractivity contribution in [2.75, 3.05) is 20.3 Å². The summed E-state index contributed by atoms with van der Waals surface area (Å²) in [6.07, 6.45) is -1.56. The van der Waals surface area contributed by atoms with Crippen molar-refractivity contribution in [1.82, 2.24) is 5.32 Å². The summed E-state index contributed by atoms with van der Waals surface area (Å²) in [6.45, 7) is 49.5. The third kappa shape index (κ3) is 12.6. The molecule has 1 fully saturated rings. The summed E-state index contributed by atoms with van der Waals surface area (Å²) in [4.78, 5) is 27.3. The first-order chi connectivity index (χ1) is 23.4. The number of rotatable bonds is 16. The topological polar surface area (TPSA) is 111 Å². The van der Waals surface area contributed by atoms with E-state index in [-0.39, 0.29) is 45.7 Å². The Kier molecular flexibility index (Phi) is 16.6. The van der Waals surface area contributed by atoms with E-state index in [0.29, 0.717) is 0 Å². The molecule has 0 aliphatic carbocycles. The smallest absolute Gasteiger partial charge is 0.366 e. The quantitative estimate of drug-likeness (QED) is 0.0925. The van der Waals surface area contributed by atoms with Crippen molar-refractivity contribution in [3.8, 4) is 0 Å². The Hall–Kier alpha value is -0.692. The van der Waals surface area contributed by atoms with Crippen LogP contribution in [0.4, 0.5) is 0 Å². The van der Waals surface area contributed by atoms with E-state index >= 15 is 0 Å². The van der Waals surface area contributed by atoms with Gasteiger partial charge in [-0.1, -0.05) is 89.2 Å². The number of ether oxygens (including phenoxy) is 3. The molecule has 1 amide bonds. The van der Waals surface area contributed by atoms with Crippen molar-refractivity contribution in [3.05, 3.63) is 12.7 Å². The molecule has 1 aliphatic heterocycles. The Morgan fingerprint density at radius 1 is 0.792 bits per heavy atom. The summed E-state index contributed by atoms with van der Waals surface area (Å²) in [6, 6.07) is -0.736. The Morgan fingerprint density at radius 3 is 1.64 bits per heavy atom. The van der Waals surface area contributed by atoms with Gasteiger partial charge in [-0.05, 0) is 72.5 Å². The number of amides is 1. The lowest BCUT2D eigenvalue weighted by molar-refractivity contribution is -0.306. The maximum absolute atomic E-state index is 14.0. The normalized spacial score (nSPS) is 24.0. The molecule has 312 valence electrons. The maximum Gasteiger partial charge on any atom is 0.366 e. The summed E-state index contributed by atoms with van der Waals surface area (Å²) in [5.41, 5.74) is 0. The van der Waals surface area contributed by atoms with E-state index < -0.39 is 75.5 Å². The van der Waals surface area contributed by atoms with Crippen LogP contribution in [0.15, 0.2) is 12.7 Å². The summed E-state index contributed by atoms with van der Waals surface area (Å²) in [5, 5.41) is 2.62. The van der Waals surface area contributed by atoms with Crippen LogP contribution in [-0.4, -0.2) is 102 Å². The Labute approximate surface area is 329 Å². The minimum atomic E-state index is -2.63. The molecule has 10 nitrogen and oxygen atoms in total. The van der Waals surface area contributed by atoms with Crippen molar-refractivity contribution in [3.63, 3.8) is 0 Å². The van der Waals surface area contributed by atoms with Crippen molar-refractivity contribution in [2.45, 2.75) is 205 Å². The molecule has 0 aromatic heterocycles. The minimum absolute atomic E-state index is 0.0114. The van der Waals surface area contributed by atoms with Crippen LogP contribution >= 0.6 is 0 Å². The highest BCUT2D eigenvalue weighted by molar-refractivity contribution is 6.75. The van der Waals surface area contributed by atoms with E-state index in [9.17, 15) is 9.59 Å². The molecular formula is C39H81NO9Si4. The van der Waals surface area contributed by atoms with E-state index in [1.165, 1.54) is 14.0 Å². The molecule has 1 N–H and O–H groups in total. The Balaban J connectivity index is 4.42. The van der Waals surface area contributed by atoms with Gasteiger partial charge in [0.2, 0.25) is 5.91 Å². The molecule has 0 unspecified atom stereocenters. The van der Waals surface area contributed by atoms with E-state index in [1.54, 1.807) is 6.08 Å². The molecule has 0 aromatic carbocycles. The van der Waals surface area contributed by atoms with Crippen LogP contribution in [0.2, 0.25) is 72.5 Å². The van der Waals surface area contributed by atoms with Gasteiger partial charge in [0.1, 0.15) is 12.2 Å². The summed E-state index contributed by atoms with van der Waals surface area (Å²) >= 11 is 0. The SMILES string of the molecule is C=CCO[C@]1(C(=O)OC)C[C@H](O[Si](C)(C)C(C)(C)C)[C@@H](NC(C)=O)[C@H]([C@H](O[Si](C)(C)C(C)(C)C)[C@@H](CO[Si](C)(C)C(C)(C)C)O[Si](C)(C)C(C)(C)C)O1. The third-order valence-electron chi connectivity index (χ3n) is 12.7. The van der Waals surface area contributed by atoms with Gasteiger partial charge >= 0.3 is 5.97 Å². The highest BCUT2D eigenvalue weighted by atomic mass is 28.4. The van der Waals surface area contributed by atoms with Crippen LogP contribution < -0.4 is 5.32 Å². The second-order valence-electron chi connectivity index (χ2n) is 21.1. The molecule has 0 aromatic rings. The van der Waals surface area contributed by atoms with Crippen LogP contribution in [0.3, 0.4) is 0 Å². The van der Waals surface area contributed by atoms with Gasteiger partial charge in [-0.15, -0.1) is 6.58 Å². The third-order valence-corrected chi connectivity index (χ3v) is 30.7. The average molecular weight is 820 g/mol. The van der Waals surface area contributed by atoms with Crippen molar-refractivity contribution < 1.29 is 41.5 Å². The maximum atomic E-state index is 14.0. The Bertz CT molecular complexity index is 1250. The summed E-state index contributed by atoms with van der Waals surface area (Å²) in [7, 11) is -8.65. The number of methoxy groups -OCH3 is 1. The van der Waals surface area contributed by atoms with Gasteiger partial charge in [0.15, 0.2) is 33.3 Å². The van der Waals surface area contributed by atoms with Crippen LogP contribution in [0.1, 0.15) is 96.4 Å². The molecule has 1 heterocycles. The first-order valence-electron chi connectivity index (χ1n) is 19.4. The van der Waals surface area contributed by atoms with Gasteiger partial charge in [0.25, 0.3) is 5.79 Å².